The minimum absolute atomic E-state index is 0.0949. The highest BCUT2D eigenvalue weighted by Gasteiger charge is 2.44. The van der Waals surface area contributed by atoms with Gasteiger partial charge in [-0.3, -0.25) is 23.2 Å². The third-order valence-electron chi connectivity index (χ3n) is 13.6. The zero-order chi connectivity index (χ0) is 53.5. The Kier molecular flexibility index (Phi) is 17.5. The summed E-state index contributed by atoms with van der Waals surface area (Å²) in [6, 6.07) is 21.5. The summed E-state index contributed by atoms with van der Waals surface area (Å²) in [6.07, 6.45) is 14.1. The molecule has 0 aliphatic carbocycles. The first kappa shape index (κ1) is 55.8. The molecule has 0 saturated heterocycles. The van der Waals surface area contributed by atoms with Gasteiger partial charge in [-0.25, -0.2) is 4.57 Å². The molecule has 392 valence electrons. The first-order valence-electron chi connectivity index (χ1n) is 24.4. The number of pyridine rings is 1. The number of anilines is 2. The number of carbonyl (C=O) groups excluding carboxylic acids is 2. The van der Waals surface area contributed by atoms with Crippen LogP contribution >= 0.6 is 11.6 Å². The average Bonchev–Trinajstić information content (AvgIpc) is 3.71. The van der Waals surface area contributed by atoms with Gasteiger partial charge in [0.05, 0.1) is 51.2 Å². The van der Waals surface area contributed by atoms with E-state index in [2.05, 4.69) is 22.1 Å². The largest absolute Gasteiger partial charge is 0.356 e. The Hall–Kier alpha value is -5.98. The van der Waals surface area contributed by atoms with E-state index in [1.165, 1.54) is 12.1 Å². The monoisotopic (exact) mass is 1090 g/mol. The summed E-state index contributed by atoms with van der Waals surface area (Å²) in [7, 11) is -13.0. The number of rotatable bonds is 22. The van der Waals surface area contributed by atoms with Crippen LogP contribution in [-0.4, -0.2) is 81.0 Å². The van der Waals surface area contributed by atoms with Gasteiger partial charge in [0.15, 0.2) is 5.71 Å². The Morgan fingerprint density at radius 3 is 2.23 bits per heavy atom. The summed E-state index contributed by atoms with van der Waals surface area (Å²) in [6.45, 7) is 7.16. The number of unbranched alkanes of at least 4 members (excludes halogenated alkanes) is 3. The second kappa shape index (κ2) is 23.3. The lowest BCUT2D eigenvalue weighted by atomic mass is 9.77. The number of nitrogens with one attached hydrogen (secondary N) is 1. The van der Waals surface area contributed by atoms with Crippen LogP contribution in [0.25, 0.3) is 0 Å². The molecule has 1 aromatic heterocycles. The number of aromatic nitrogens is 1. The number of aliphatic imine (C=N–C) groups is 1. The van der Waals surface area contributed by atoms with Crippen molar-refractivity contribution < 1.29 is 53.1 Å². The number of carbonyl (C=O) groups is 2. The van der Waals surface area contributed by atoms with E-state index in [-0.39, 0.29) is 55.5 Å². The van der Waals surface area contributed by atoms with Crippen molar-refractivity contribution in [3.63, 3.8) is 0 Å². The lowest BCUT2D eigenvalue weighted by Crippen LogP contribution is -2.36. The molecular weight excluding hydrogens is 1030 g/mol. The molecule has 7 rings (SSSR count). The van der Waals surface area contributed by atoms with Gasteiger partial charge in [-0.2, -0.15) is 25.3 Å². The smallest absolute Gasteiger partial charge is 0.327 e. The lowest BCUT2D eigenvalue weighted by Gasteiger charge is -2.30. The standard InChI is InChI=1S/C54H60ClN5O11S3/c1-53(2)45-35-42(55)38-58(31-16-34-73(66,67)68)52(45)57-48(53)21-6-4-7-22-49-54(3,29-13-15-33-72(63,64)65)44-36-43(74(69,70)71)26-27-47(44)59(49)32-14-5-8-23-50(61)56-30-28-51(62)60-37-41-19-10-9-17-39(41)24-25-40-18-11-12-20-46(40)60/h4,6-7,9-12,17-22,26-27,35-36,38H,5,8,13-16,23,28-34,37H2,1-3H3,(H3-,56,61,63,64,65,66,67,68,69,70,71)/p+1. The molecule has 0 bridgehead atoms. The number of fused-ring (bicyclic) bond motifs is 4. The molecule has 1 atom stereocenters. The molecule has 3 aliphatic heterocycles. The highest BCUT2D eigenvalue weighted by Crippen LogP contribution is 2.51. The molecular formula is C54H61ClN5O11S3+. The fraction of sp³-hybridized carbons (Fsp3) is 0.370. The van der Waals surface area contributed by atoms with Crippen LogP contribution in [0.5, 0.6) is 0 Å². The van der Waals surface area contributed by atoms with Gasteiger partial charge in [0, 0.05) is 60.3 Å². The van der Waals surface area contributed by atoms with Crippen LogP contribution < -0.4 is 19.7 Å². The van der Waals surface area contributed by atoms with Crippen molar-refractivity contribution in [3.8, 4) is 11.8 Å². The molecule has 16 nitrogen and oxygen atoms in total. The Labute approximate surface area is 439 Å². The summed E-state index contributed by atoms with van der Waals surface area (Å²) in [4.78, 5) is 35.1. The van der Waals surface area contributed by atoms with Crippen LogP contribution in [0.4, 0.5) is 17.2 Å². The van der Waals surface area contributed by atoms with Crippen LogP contribution in [-0.2, 0) is 63.9 Å². The van der Waals surface area contributed by atoms with Crippen molar-refractivity contribution in [2.24, 2.45) is 4.99 Å². The van der Waals surface area contributed by atoms with Crippen LogP contribution in [0.15, 0.2) is 125 Å². The number of allylic oxidation sites excluding steroid dienone is 6. The highest BCUT2D eigenvalue weighted by atomic mass is 35.5. The molecule has 20 heteroatoms. The molecule has 0 fully saturated rings. The predicted octanol–water partition coefficient (Wildman–Crippen LogP) is 8.36. The lowest BCUT2D eigenvalue weighted by molar-refractivity contribution is -0.684. The maximum absolute atomic E-state index is 13.7. The SMILES string of the molecule is CC1(C)C(/C=C/C=C/C=C2/N(CCCCCC(=O)NCCC(=O)N3Cc4ccccc4C#Cc4ccccc43)c3ccc(S(=O)(=O)O)cc3C2(C)CCCCS(=O)(=O)O)=Nc2c1cc(Cl)c[n+]2CCCS(=O)(=O)O. The number of aryl methyl sites for hydroxylation is 1. The second-order valence-electron chi connectivity index (χ2n) is 19.3. The summed E-state index contributed by atoms with van der Waals surface area (Å²) < 4.78 is 102. The minimum Gasteiger partial charge on any atom is -0.356 e. The number of amides is 2. The van der Waals surface area contributed by atoms with Gasteiger partial charge in [-0.05, 0) is 117 Å². The number of para-hydroxylation sites is 1. The Morgan fingerprint density at radius 1 is 0.784 bits per heavy atom. The number of hydrogen-bond donors (Lipinski definition) is 4. The summed E-state index contributed by atoms with van der Waals surface area (Å²) in [5.74, 6) is 5.85. The van der Waals surface area contributed by atoms with Gasteiger partial charge in [0.2, 0.25) is 11.8 Å². The molecule has 4 aromatic rings. The summed E-state index contributed by atoms with van der Waals surface area (Å²) >= 11 is 6.49. The molecule has 0 saturated carbocycles. The van der Waals surface area contributed by atoms with E-state index in [0.29, 0.717) is 73.0 Å². The second-order valence-corrected chi connectivity index (χ2v) is 24.3. The molecule has 1 unspecified atom stereocenters. The van der Waals surface area contributed by atoms with Crippen molar-refractivity contribution in [2.45, 2.75) is 107 Å². The number of benzene rings is 3. The average molecular weight is 1090 g/mol. The molecule has 0 radical (unpaired) electrons. The van der Waals surface area contributed by atoms with E-state index >= 15 is 0 Å². The first-order valence-corrected chi connectivity index (χ1v) is 29.4. The van der Waals surface area contributed by atoms with Crippen LogP contribution in [0, 0.1) is 11.8 Å². The van der Waals surface area contributed by atoms with Crippen molar-refractivity contribution in [1.29, 1.82) is 0 Å². The zero-order valence-corrected chi connectivity index (χ0v) is 44.7. The maximum atomic E-state index is 13.7. The first-order chi connectivity index (χ1) is 34.9. The van der Waals surface area contributed by atoms with E-state index in [4.69, 9.17) is 16.6 Å². The Morgan fingerprint density at radius 2 is 1.49 bits per heavy atom. The van der Waals surface area contributed by atoms with Crippen LogP contribution in [0.1, 0.15) is 106 Å². The molecule has 74 heavy (non-hydrogen) atoms. The molecule has 2 amide bonds. The normalized spacial score (nSPS) is 17.6. The van der Waals surface area contributed by atoms with E-state index in [1.54, 1.807) is 21.7 Å². The molecule has 0 spiro atoms. The molecule has 3 aliphatic rings. The Balaban J connectivity index is 1.04. The van der Waals surface area contributed by atoms with E-state index in [9.17, 15) is 48.5 Å². The van der Waals surface area contributed by atoms with Gasteiger partial charge in [-0.1, -0.05) is 84.8 Å². The topological polar surface area (TPSA) is 232 Å². The maximum Gasteiger partial charge on any atom is 0.327 e. The number of hydrogen-bond acceptors (Lipinski definition) is 10. The molecule has 3 aromatic carbocycles. The fourth-order valence-electron chi connectivity index (χ4n) is 9.70. The fourth-order valence-corrected chi connectivity index (χ4v) is 11.5. The van der Waals surface area contributed by atoms with Gasteiger partial charge in [0.1, 0.15) is 6.20 Å². The van der Waals surface area contributed by atoms with Crippen molar-refractivity contribution in [3.05, 3.63) is 148 Å². The molecule has 4 heterocycles. The van der Waals surface area contributed by atoms with E-state index in [0.717, 1.165) is 33.6 Å². The third-order valence-corrected chi connectivity index (χ3v) is 16.3. The predicted molar refractivity (Wildman–Crippen MR) is 287 cm³/mol. The number of nitrogens with zero attached hydrogens (tertiary/aromatic N) is 4. The summed E-state index contributed by atoms with van der Waals surface area (Å²) in [5, 5.41) is 3.35. The highest BCUT2D eigenvalue weighted by molar-refractivity contribution is 7.86. The summed E-state index contributed by atoms with van der Waals surface area (Å²) in [5.41, 5.74) is 5.46. The van der Waals surface area contributed by atoms with Crippen molar-refractivity contribution in [1.82, 2.24) is 5.32 Å². The van der Waals surface area contributed by atoms with Gasteiger partial charge >= 0.3 is 5.82 Å². The van der Waals surface area contributed by atoms with Gasteiger partial charge in [0.25, 0.3) is 30.4 Å². The Bertz CT molecular complexity index is 3360. The quantitative estimate of drug-likeness (QED) is 0.0191. The van der Waals surface area contributed by atoms with E-state index in [1.807, 2.05) is 106 Å². The zero-order valence-electron chi connectivity index (χ0n) is 41.5. The van der Waals surface area contributed by atoms with Crippen molar-refractivity contribution >= 4 is 76.7 Å². The van der Waals surface area contributed by atoms with Crippen molar-refractivity contribution in [2.75, 3.05) is 34.4 Å². The van der Waals surface area contributed by atoms with Gasteiger partial charge in [-0.15, -0.1) is 0 Å². The van der Waals surface area contributed by atoms with Crippen LogP contribution in [0.2, 0.25) is 5.02 Å². The van der Waals surface area contributed by atoms with E-state index < -0.39 is 52.7 Å². The van der Waals surface area contributed by atoms with Gasteiger partial charge < -0.3 is 15.1 Å². The van der Waals surface area contributed by atoms with Crippen LogP contribution in [0.3, 0.4) is 0 Å². The minimum atomic E-state index is -4.60. The third kappa shape index (κ3) is 13.8. The number of halogens is 1. The molecule has 4 N–H and O–H groups in total.